The van der Waals surface area contributed by atoms with Gasteiger partial charge in [-0.2, -0.15) is 0 Å². The Labute approximate surface area is 182 Å². The number of nitrogens with one attached hydrogen (secondary N) is 1. The highest BCUT2D eigenvalue weighted by atomic mass is 79.9. The van der Waals surface area contributed by atoms with Gasteiger partial charge < -0.3 is 10.1 Å². The molecule has 0 spiro atoms. The van der Waals surface area contributed by atoms with Crippen molar-refractivity contribution in [3.05, 3.63) is 53.0 Å². The summed E-state index contributed by atoms with van der Waals surface area (Å²) in [6.45, 7) is 4.91. The maximum atomic E-state index is 12.8. The molecule has 0 radical (unpaired) electrons. The van der Waals surface area contributed by atoms with Gasteiger partial charge in [-0.15, -0.1) is 0 Å². The van der Waals surface area contributed by atoms with Gasteiger partial charge in [0.25, 0.3) is 0 Å². The second-order valence-electron chi connectivity index (χ2n) is 6.27. The van der Waals surface area contributed by atoms with Crippen LogP contribution in [0.3, 0.4) is 0 Å². The zero-order valence-electron chi connectivity index (χ0n) is 16.2. The fourth-order valence-electron chi connectivity index (χ4n) is 2.80. The van der Waals surface area contributed by atoms with Crippen LogP contribution < -0.4 is 10.1 Å². The van der Waals surface area contributed by atoms with E-state index in [0.717, 1.165) is 15.9 Å². The van der Waals surface area contributed by atoms with Crippen LogP contribution in [0.25, 0.3) is 0 Å². The number of anilines is 1. The van der Waals surface area contributed by atoms with Gasteiger partial charge in [-0.1, -0.05) is 27.7 Å². The lowest BCUT2D eigenvalue weighted by Crippen LogP contribution is -2.45. The lowest BCUT2D eigenvalue weighted by molar-refractivity contribution is -0.129. The second-order valence-corrected chi connectivity index (χ2v) is 8.35. The number of thioether (sulfide) groups is 1. The molecule has 6 nitrogen and oxygen atoms in total. The van der Waals surface area contributed by atoms with Crippen LogP contribution in [-0.2, 0) is 9.59 Å². The van der Waals surface area contributed by atoms with Gasteiger partial charge in [0.05, 0.1) is 12.3 Å². The second kappa shape index (κ2) is 9.93. The molecule has 2 aromatic carbocycles. The van der Waals surface area contributed by atoms with Crippen molar-refractivity contribution < 1.29 is 14.3 Å². The normalized spacial score (nSPS) is 18.0. The Morgan fingerprint density at radius 3 is 2.52 bits per heavy atom. The maximum Gasteiger partial charge on any atom is 0.238 e. The molecule has 1 fully saturated rings. The number of hydrogen-bond donors (Lipinski definition) is 1. The number of halogens is 1. The molecule has 0 unspecified atom stereocenters. The quantitative estimate of drug-likeness (QED) is 0.649. The summed E-state index contributed by atoms with van der Waals surface area (Å²) in [5.74, 6) is 0.427. The van der Waals surface area contributed by atoms with E-state index in [1.165, 1.54) is 11.8 Å². The molecular weight excluding hydrogens is 454 g/mol. The lowest BCUT2D eigenvalue weighted by atomic mass is 10.2. The van der Waals surface area contributed by atoms with Gasteiger partial charge in [-0.05, 0) is 62.4 Å². The van der Waals surface area contributed by atoms with Gasteiger partial charge in [0.1, 0.15) is 11.0 Å². The number of nitrogens with zero attached hydrogens (tertiary/aromatic N) is 2. The van der Waals surface area contributed by atoms with Crippen LogP contribution in [0.1, 0.15) is 20.3 Å². The Morgan fingerprint density at radius 2 is 1.90 bits per heavy atom. The minimum absolute atomic E-state index is 0.103. The molecule has 1 aliphatic heterocycles. The molecule has 0 saturated carbocycles. The van der Waals surface area contributed by atoms with Crippen molar-refractivity contribution in [1.82, 2.24) is 4.90 Å². The van der Waals surface area contributed by atoms with Gasteiger partial charge in [0.2, 0.25) is 11.8 Å². The third kappa shape index (κ3) is 5.61. The zero-order chi connectivity index (χ0) is 20.8. The van der Waals surface area contributed by atoms with Crippen LogP contribution in [0.5, 0.6) is 5.75 Å². The summed E-state index contributed by atoms with van der Waals surface area (Å²) in [5.41, 5.74) is 1.39. The van der Waals surface area contributed by atoms with Crippen LogP contribution in [0, 0.1) is 0 Å². The van der Waals surface area contributed by atoms with Gasteiger partial charge in [0.15, 0.2) is 5.17 Å². The molecule has 29 heavy (non-hydrogen) atoms. The average Bonchev–Trinajstić information content (AvgIpc) is 2.71. The lowest BCUT2D eigenvalue weighted by Gasteiger charge is -2.30. The van der Waals surface area contributed by atoms with Crippen molar-refractivity contribution in [2.75, 3.05) is 18.5 Å². The third-order valence-corrected chi connectivity index (χ3v) is 5.95. The molecule has 2 aromatic rings. The molecule has 1 N–H and O–H groups in total. The first kappa shape index (κ1) is 21.4. The number of amides is 2. The third-order valence-electron chi connectivity index (χ3n) is 4.23. The zero-order valence-corrected chi connectivity index (χ0v) is 18.6. The van der Waals surface area contributed by atoms with Crippen molar-refractivity contribution >= 4 is 56.0 Å². The fraction of sp³-hybridized carbons (Fsp3) is 0.286. The van der Waals surface area contributed by atoms with Crippen molar-refractivity contribution in [3.63, 3.8) is 0 Å². The number of aliphatic imine (C=N–C) groups is 1. The van der Waals surface area contributed by atoms with E-state index in [1.54, 1.807) is 29.2 Å². The summed E-state index contributed by atoms with van der Waals surface area (Å²) < 4.78 is 6.37. The van der Waals surface area contributed by atoms with Crippen molar-refractivity contribution in [2.24, 2.45) is 4.99 Å². The highest BCUT2D eigenvalue weighted by Crippen LogP contribution is 2.30. The molecule has 1 saturated heterocycles. The SMILES string of the molecule is CCOc1ccc(NC(=O)[C@H]2CC(=O)N(CC)C(=Nc3ccc(Br)cc3)S2)cc1. The number of hydrogen-bond acceptors (Lipinski definition) is 5. The Hall–Kier alpha value is -2.32. The molecular formula is C21H22BrN3O3S. The monoisotopic (exact) mass is 475 g/mol. The molecule has 152 valence electrons. The van der Waals surface area contributed by atoms with Crippen molar-refractivity contribution in [2.45, 2.75) is 25.5 Å². The van der Waals surface area contributed by atoms with E-state index < -0.39 is 5.25 Å². The number of benzene rings is 2. The van der Waals surface area contributed by atoms with E-state index in [-0.39, 0.29) is 18.2 Å². The topological polar surface area (TPSA) is 71.0 Å². The molecule has 1 heterocycles. The number of ether oxygens (including phenoxy) is 1. The Bertz CT molecular complexity index is 900. The first-order chi connectivity index (χ1) is 14.0. The van der Waals surface area contributed by atoms with Crippen LogP contribution in [0.4, 0.5) is 11.4 Å². The molecule has 0 aromatic heterocycles. The van der Waals surface area contributed by atoms with E-state index in [9.17, 15) is 9.59 Å². The molecule has 0 bridgehead atoms. The van der Waals surface area contributed by atoms with Gasteiger partial charge in [0, 0.05) is 23.1 Å². The Morgan fingerprint density at radius 1 is 1.21 bits per heavy atom. The Kier molecular flexibility index (Phi) is 7.33. The van der Waals surface area contributed by atoms with E-state index >= 15 is 0 Å². The highest BCUT2D eigenvalue weighted by molar-refractivity contribution is 9.10. The minimum atomic E-state index is -0.536. The Balaban J connectivity index is 1.74. The minimum Gasteiger partial charge on any atom is -0.494 e. The predicted molar refractivity (Wildman–Crippen MR) is 121 cm³/mol. The van der Waals surface area contributed by atoms with E-state index in [2.05, 4.69) is 26.2 Å². The summed E-state index contributed by atoms with van der Waals surface area (Å²) in [6.07, 6.45) is 0.140. The first-order valence-corrected chi connectivity index (χ1v) is 11.0. The smallest absolute Gasteiger partial charge is 0.238 e. The number of amidine groups is 1. The molecule has 1 aliphatic rings. The van der Waals surface area contributed by atoms with E-state index in [4.69, 9.17) is 4.74 Å². The summed E-state index contributed by atoms with van der Waals surface area (Å²) in [5, 5.41) is 2.88. The number of carbonyl (C=O) groups is 2. The average molecular weight is 476 g/mol. The predicted octanol–water partition coefficient (Wildman–Crippen LogP) is 4.83. The van der Waals surface area contributed by atoms with Gasteiger partial charge in [-0.3, -0.25) is 14.5 Å². The highest BCUT2D eigenvalue weighted by Gasteiger charge is 2.35. The van der Waals surface area contributed by atoms with E-state index in [0.29, 0.717) is 24.0 Å². The van der Waals surface area contributed by atoms with E-state index in [1.807, 2.05) is 38.1 Å². The molecule has 0 aliphatic carbocycles. The summed E-state index contributed by atoms with van der Waals surface area (Å²) in [4.78, 5) is 31.6. The number of rotatable bonds is 6. The van der Waals surface area contributed by atoms with Gasteiger partial charge >= 0.3 is 0 Å². The summed E-state index contributed by atoms with van der Waals surface area (Å²) in [6, 6.07) is 14.7. The first-order valence-electron chi connectivity index (χ1n) is 9.35. The molecule has 2 amide bonds. The van der Waals surface area contributed by atoms with Crippen molar-refractivity contribution in [1.29, 1.82) is 0 Å². The van der Waals surface area contributed by atoms with Crippen LogP contribution in [0.2, 0.25) is 0 Å². The van der Waals surface area contributed by atoms with Crippen LogP contribution in [-0.4, -0.2) is 40.3 Å². The van der Waals surface area contributed by atoms with Crippen LogP contribution in [0.15, 0.2) is 58.0 Å². The summed E-state index contributed by atoms with van der Waals surface area (Å²) >= 11 is 4.71. The largest absolute Gasteiger partial charge is 0.494 e. The number of carbonyl (C=O) groups excluding carboxylic acids is 2. The maximum absolute atomic E-state index is 12.8. The van der Waals surface area contributed by atoms with Gasteiger partial charge in [-0.25, -0.2) is 4.99 Å². The molecule has 8 heteroatoms. The molecule has 3 rings (SSSR count). The standard InChI is InChI=1S/C21H22BrN3O3S/c1-3-25-19(26)13-18(29-21(25)24-16-7-5-14(22)6-8-16)20(27)23-15-9-11-17(12-10-15)28-4-2/h5-12,18H,3-4,13H2,1-2H3,(H,23,27)/t18-/m1/s1. The van der Waals surface area contributed by atoms with Crippen LogP contribution >= 0.6 is 27.7 Å². The summed E-state index contributed by atoms with van der Waals surface area (Å²) in [7, 11) is 0. The molecule has 1 atom stereocenters. The van der Waals surface area contributed by atoms with Crippen molar-refractivity contribution in [3.8, 4) is 5.75 Å². The fourth-order valence-corrected chi connectivity index (χ4v) is 4.23.